The number of hydrogen-bond donors (Lipinski definition) is 3. The molecule has 0 aliphatic heterocycles. The number of pyridine rings is 1. The molecule has 1 amide bonds. The number of nitrogens with zero attached hydrogens (tertiary/aromatic N) is 3. The zero-order valence-corrected chi connectivity index (χ0v) is 20.9. The van der Waals surface area contributed by atoms with Crippen molar-refractivity contribution < 1.29 is 24.1 Å². The predicted octanol–water partition coefficient (Wildman–Crippen LogP) is 3.48. The van der Waals surface area contributed by atoms with Gasteiger partial charge in [-0.1, -0.05) is 24.3 Å². The van der Waals surface area contributed by atoms with Gasteiger partial charge in [0.05, 0.1) is 23.9 Å². The summed E-state index contributed by atoms with van der Waals surface area (Å²) in [5, 5.41) is 20.4. The lowest BCUT2D eigenvalue weighted by Gasteiger charge is -2.29. The molecule has 0 saturated heterocycles. The number of fused-ring (bicyclic) bond motifs is 1. The van der Waals surface area contributed by atoms with Crippen molar-refractivity contribution in [3.05, 3.63) is 87.4 Å². The van der Waals surface area contributed by atoms with Gasteiger partial charge in [0.15, 0.2) is 5.65 Å². The maximum Gasteiger partial charge on any atom is 0.404 e. The molecule has 0 unspecified atom stereocenters. The number of carboxylic acid groups (broad SMARTS) is 1. The number of aromatic nitrogens is 3. The number of amides is 1. The number of aliphatic hydroxyl groups excluding tert-OH is 1. The molecule has 11 heteroatoms. The summed E-state index contributed by atoms with van der Waals surface area (Å²) < 4.78 is 22.1. The van der Waals surface area contributed by atoms with Crippen LogP contribution in [-0.2, 0) is 0 Å². The number of carbonyl (C=O) groups is 1. The van der Waals surface area contributed by atoms with Crippen LogP contribution in [0.25, 0.3) is 27.8 Å². The number of rotatable bonds is 7. The fourth-order valence-corrected chi connectivity index (χ4v) is 5.12. The van der Waals surface area contributed by atoms with E-state index in [0.717, 1.165) is 28.0 Å². The van der Waals surface area contributed by atoms with Crippen molar-refractivity contribution in [1.82, 2.24) is 19.4 Å². The van der Waals surface area contributed by atoms with E-state index in [2.05, 4.69) is 10.3 Å². The Kier molecular flexibility index (Phi) is 7.42. The maximum absolute atomic E-state index is 14.2. The Morgan fingerprint density at radius 1 is 1.05 bits per heavy atom. The second-order valence-corrected chi connectivity index (χ2v) is 9.42. The van der Waals surface area contributed by atoms with Crippen molar-refractivity contribution in [3.8, 4) is 22.6 Å². The molecule has 1 aliphatic rings. The van der Waals surface area contributed by atoms with Gasteiger partial charge in [-0.25, -0.2) is 23.5 Å². The number of halogens is 1. The largest absolute Gasteiger partial charge is 0.491 e. The number of aliphatic hydroxyl groups is 1. The minimum absolute atomic E-state index is 0.0174. The first-order chi connectivity index (χ1) is 18.9. The third-order valence-corrected chi connectivity index (χ3v) is 6.93. The van der Waals surface area contributed by atoms with Gasteiger partial charge in [-0.3, -0.25) is 9.36 Å². The average molecular weight is 535 g/mol. The molecule has 2 aromatic carbocycles. The molecule has 2 aromatic heterocycles. The summed E-state index contributed by atoms with van der Waals surface area (Å²) in [4.78, 5) is 42.5. The highest BCUT2D eigenvalue weighted by molar-refractivity contribution is 5.76. The molecular formula is C28H27FN4O6. The van der Waals surface area contributed by atoms with Crippen LogP contribution in [0.4, 0.5) is 9.18 Å². The molecule has 2 heterocycles. The molecule has 10 nitrogen and oxygen atoms in total. The van der Waals surface area contributed by atoms with E-state index < -0.39 is 29.2 Å². The highest BCUT2D eigenvalue weighted by Gasteiger charge is 2.28. The molecule has 4 aromatic rings. The molecule has 0 spiro atoms. The number of hydrogen-bond acceptors (Lipinski definition) is 6. The zero-order chi connectivity index (χ0) is 27.5. The van der Waals surface area contributed by atoms with E-state index in [1.807, 2.05) is 18.2 Å². The van der Waals surface area contributed by atoms with Crippen molar-refractivity contribution in [2.45, 2.75) is 37.8 Å². The first-order valence-corrected chi connectivity index (χ1v) is 12.6. The standard InChI is InChI=1S/C28H27FN4O6/c29-19-15-24-25(30-16-19)32(28(38)33(26(24)35)21-8-6-20(7-9-21)31-27(36)37)22-3-1-2-18(14-22)17-4-10-23(11-5-17)39-13-12-34/h1-5,10-11,14-16,20-21,31,34H,6-9,12-13H2,(H,36,37). The van der Waals surface area contributed by atoms with Gasteiger partial charge in [-0.05, 0) is 67.1 Å². The summed E-state index contributed by atoms with van der Waals surface area (Å²) in [7, 11) is 0. The number of nitrogens with one attached hydrogen (secondary N) is 1. The smallest absolute Gasteiger partial charge is 0.404 e. The van der Waals surface area contributed by atoms with Crippen molar-refractivity contribution >= 4 is 17.1 Å². The second kappa shape index (κ2) is 11.1. The highest BCUT2D eigenvalue weighted by atomic mass is 19.1. The molecule has 3 N–H and O–H groups in total. The second-order valence-electron chi connectivity index (χ2n) is 9.42. The number of ether oxygens (including phenoxy) is 1. The molecule has 1 fully saturated rings. The first kappa shape index (κ1) is 26.1. The lowest BCUT2D eigenvalue weighted by Crippen LogP contribution is -2.45. The van der Waals surface area contributed by atoms with Crippen LogP contribution in [-0.4, -0.2) is 49.7 Å². The molecule has 202 valence electrons. The Hall–Kier alpha value is -4.51. The van der Waals surface area contributed by atoms with Gasteiger partial charge in [-0.15, -0.1) is 0 Å². The summed E-state index contributed by atoms with van der Waals surface area (Å²) in [6, 6.07) is 14.8. The van der Waals surface area contributed by atoms with E-state index in [1.165, 1.54) is 4.57 Å². The Labute approximate surface area is 221 Å². The van der Waals surface area contributed by atoms with E-state index in [9.17, 15) is 18.8 Å². The summed E-state index contributed by atoms with van der Waals surface area (Å²) in [6.45, 7) is 0.0963. The Morgan fingerprint density at radius 3 is 2.49 bits per heavy atom. The molecule has 1 saturated carbocycles. The fraction of sp³-hybridized carbons (Fsp3) is 0.286. The summed E-state index contributed by atoms with van der Waals surface area (Å²) in [5.74, 6) is -0.0827. The van der Waals surface area contributed by atoms with Crippen molar-refractivity contribution in [3.63, 3.8) is 0 Å². The van der Waals surface area contributed by atoms with Crippen molar-refractivity contribution in [2.75, 3.05) is 13.2 Å². The Morgan fingerprint density at radius 2 is 1.79 bits per heavy atom. The van der Waals surface area contributed by atoms with E-state index in [4.69, 9.17) is 14.9 Å². The minimum atomic E-state index is -1.11. The average Bonchev–Trinajstić information content (AvgIpc) is 2.93. The predicted molar refractivity (Wildman–Crippen MR) is 142 cm³/mol. The van der Waals surface area contributed by atoms with Crippen LogP contribution in [0.3, 0.4) is 0 Å². The van der Waals surface area contributed by atoms with Crippen LogP contribution in [0, 0.1) is 5.82 Å². The van der Waals surface area contributed by atoms with Crippen LogP contribution in [0.5, 0.6) is 5.75 Å². The maximum atomic E-state index is 14.2. The van der Waals surface area contributed by atoms with Gasteiger partial charge in [0.2, 0.25) is 0 Å². The molecular weight excluding hydrogens is 507 g/mol. The summed E-state index contributed by atoms with van der Waals surface area (Å²) >= 11 is 0. The monoisotopic (exact) mass is 534 g/mol. The van der Waals surface area contributed by atoms with Crippen molar-refractivity contribution in [1.29, 1.82) is 0 Å². The summed E-state index contributed by atoms with van der Waals surface area (Å²) in [5.41, 5.74) is 0.933. The summed E-state index contributed by atoms with van der Waals surface area (Å²) in [6.07, 6.45) is 1.63. The van der Waals surface area contributed by atoms with Gasteiger partial charge in [0.25, 0.3) is 5.56 Å². The minimum Gasteiger partial charge on any atom is -0.491 e. The van der Waals surface area contributed by atoms with Crippen molar-refractivity contribution in [2.24, 2.45) is 0 Å². The van der Waals surface area contributed by atoms with E-state index in [-0.39, 0.29) is 30.3 Å². The van der Waals surface area contributed by atoms with E-state index in [1.54, 1.807) is 30.3 Å². The Bertz CT molecular complexity index is 1620. The van der Waals surface area contributed by atoms with Crippen LogP contribution >= 0.6 is 0 Å². The van der Waals surface area contributed by atoms with Crippen LogP contribution in [0.2, 0.25) is 0 Å². The first-order valence-electron chi connectivity index (χ1n) is 12.6. The normalized spacial score (nSPS) is 17.2. The van der Waals surface area contributed by atoms with Crippen LogP contribution in [0.15, 0.2) is 70.4 Å². The van der Waals surface area contributed by atoms with Gasteiger partial charge in [-0.2, -0.15) is 0 Å². The SMILES string of the molecule is O=C(O)NC1CCC(n2c(=O)c3cc(F)cnc3n(-c3cccc(-c4ccc(OCCO)cc4)c3)c2=O)CC1. The highest BCUT2D eigenvalue weighted by Crippen LogP contribution is 2.28. The van der Waals surface area contributed by atoms with E-state index in [0.29, 0.717) is 37.1 Å². The van der Waals surface area contributed by atoms with Gasteiger partial charge in [0.1, 0.15) is 18.2 Å². The topological polar surface area (TPSA) is 136 Å². The molecule has 0 bridgehead atoms. The molecule has 0 radical (unpaired) electrons. The third kappa shape index (κ3) is 5.39. The molecule has 1 aliphatic carbocycles. The number of benzene rings is 2. The molecule has 5 rings (SSSR count). The quantitative estimate of drug-likeness (QED) is 0.330. The lowest BCUT2D eigenvalue weighted by molar-refractivity contribution is 0.182. The van der Waals surface area contributed by atoms with Crippen LogP contribution < -0.4 is 21.3 Å². The fourth-order valence-electron chi connectivity index (χ4n) is 5.12. The Balaban J connectivity index is 1.58. The third-order valence-electron chi connectivity index (χ3n) is 6.93. The van der Waals surface area contributed by atoms with Gasteiger partial charge in [0, 0.05) is 12.1 Å². The molecule has 0 atom stereocenters. The zero-order valence-electron chi connectivity index (χ0n) is 20.9. The van der Waals surface area contributed by atoms with Gasteiger partial charge >= 0.3 is 11.8 Å². The van der Waals surface area contributed by atoms with Gasteiger partial charge < -0.3 is 20.3 Å². The van der Waals surface area contributed by atoms with Crippen LogP contribution in [0.1, 0.15) is 31.7 Å². The lowest BCUT2D eigenvalue weighted by atomic mass is 9.91. The molecule has 39 heavy (non-hydrogen) atoms. The van der Waals surface area contributed by atoms with E-state index >= 15 is 0 Å².